The molecule has 1 aromatic carbocycles. The zero-order chi connectivity index (χ0) is 22.5. The number of rotatable bonds is 8. The summed E-state index contributed by atoms with van der Waals surface area (Å²) in [5.41, 5.74) is 2.81. The summed E-state index contributed by atoms with van der Waals surface area (Å²) < 4.78 is 1.90. The molecule has 1 amide bonds. The minimum Gasteiger partial charge on any atom is -0.352 e. The van der Waals surface area contributed by atoms with Gasteiger partial charge in [-0.3, -0.25) is 9.36 Å². The Labute approximate surface area is 194 Å². The third-order valence-corrected chi connectivity index (χ3v) is 6.29. The van der Waals surface area contributed by atoms with Gasteiger partial charge in [-0.25, -0.2) is 9.97 Å². The summed E-state index contributed by atoms with van der Waals surface area (Å²) in [6.07, 6.45) is 3.88. The monoisotopic (exact) mass is 454 g/mol. The second kappa shape index (κ2) is 10.4. The Hall–Kier alpha value is -2.48. The third kappa shape index (κ3) is 5.11. The third-order valence-electron chi connectivity index (χ3n) is 5.97. The van der Waals surface area contributed by atoms with Crippen molar-refractivity contribution in [1.29, 1.82) is 0 Å². The van der Waals surface area contributed by atoms with Crippen LogP contribution in [0.5, 0.6) is 0 Å². The molecule has 170 valence electrons. The highest BCUT2D eigenvalue weighted by atomic mass is 35.5. The summed E-state index contributed by atoms with van der Waals surface area (Å²) in [5.74, 6) is 0.683. The van der Waals surface area contributed by atoms with E-state index in [1.54, 1.807) is 18.3 Å². The Morgan fingerprint density at radius 2 is 1.88 bits per heavy atom. The molecule has 1 aliphatic heterocycles. The van der Waals surface area contributed by atoms with Gasteiger partial charge in [0.25, 0.3) is 5.91 Å². The first kappa shape index (κ1) is 22.7. The van der Waals surface area contributed by atoms with E-state index in [0.717, 1.165) is 56.1 Å². The highest BCUT2D eigenvalue weighted by molar-refractivity contribution is 6.32. The van der Waals surface area contributed by atoms with E-state index < -0.39 is 0 Å². The molecule has 0 unspecified atom stereocenters. The number of nitrogens with one attached hydrogen (secondary N) is 1. The predicted molar refractivity (Wildman–Crippen MR) is 129 cm³/mol. The first-order chi connectivity index (χ1) is 15.6. The number of aryl methyl sites for hydroxylation is 1. The van der Waals surface area contributed by atoms with E-state index >= 15 is 0 Å². The maximum absolute atomic E-state index is 12.8. The number of hydrogen-bond donors (Lipinski definition) is 1. The van der Waals surface area contributed by atoms with Crippen molar-refractivity contribution in [3.8, 4) is 5.69 Å². The second-order valence-electron chi connectivity index (χ2n) is 8.30. The van der Waals surface area contributed by atoms with Gasteiger partial charge in [0.15, 0.2) is 5.65 Å². The number of pyridine rings is 1. The standard InChI is InChI=1S/C24H31ClN6O/c1-3-11-29-13-15-30(16-14-29)12-5-10-27-24(32)19-7-8-20(25)22(17-19)31-18(2)28-21-6-4-9-26-23(21)31/h4,6-9,17H,3,5,10-16H2,1-2H3,(H,27,32). The summed E-state index contributed by atoms with van der Waals surface area (Å²) in [5, 5.41) is 3.60. The van der Waals surface area contributed by atoms with E-state index in [-0.39, 0.29) is 5.91 Å². The van der Waals surface area contributed by atoms with E-state index in [1.807, 2.05) is 29.7 Å². The van der Waals surface area contributed by atoms with Gasteiger partial charge in [-0.2, -0.15) is 0 Å². The lowest BCUT2D eigenvalue weighted by molar-refractivity contribution is 0.0948. The molecule has 2 aromatic heterocycles. The summed E-state index contributed by atoms with van der Waals surface area (Å²) in [7, 11) is 0. The second-order valence-corrected chi connectivity index (χ2v) is 8.71. The van der Waals surface area contributed by atoms with Crippen molar-refractivity contribution in [1.82, 2.24) is 29.7 Å². The number of hydrogen-bond acceptors (Lipinski definition) is 5. The molecule has 32 heavy (non-hydrogen) atoms. The van der Waals surface area contributed by atoms with Crippen LogP contribution in [0.1, 0.15) is 35.9 Å². The Kier molecular flexibility index (Phi) is 7.40. The van der Waals surface area contributed by atoms with E-state index in [2.05, 4.69) is 32.0 Å². The van der Waals surface area contributed by atoms with E-state index in [0.29, 0.717) is 22.8 Å². The molecule has 0 spiro atoms. The molecular weight excluding hydrogens is 424 g/mol. The van der Waals surface area contributed by atoms with E-state index in [1.165, 1.54) is 13.0 Å². The molecule has 0 aliphatic carbocycles. The van der Waals surface area contributed by atoms with Gasteiger partial charge in [-0.05, 0) is 63.2 Å². The number of imidazole rings is 1. The van der Waals surface area contributed by atoms with Gasteiger partial charge in [0.2, 0.25) is 0 Å². The van der Waals surface area contributed by atoms with Crippen molar-refractivity contribution in [2.45, 2.75) is 26.7 Å². The number of nitrogens with zero attached hydrogens (tertiary/aromatic N) is 5. The van der Waals surface area contributed by atoms with Crippen molar-refractivity contribution in [3.05, 3.63) is 52.9 Å². The van der Waals surface area contributed by atoms with Crippen LogP contribution in [0.3, 0.4) is 0 Å². The van der Waals surface area contributed by atoms with Crippen LogP contribution >= 0.6 is 11.6 Å². The molecule has 1 N–H and O–H groups in total. The van der Waals surface area contributed by atoms with Gasteiger partial charge in [-0.1, -0.05) is 18.5 Å². The lowest BCUT2D eigenvalue weighted by Gasteiger charge is -2.34. The van der Waals surface area contributed by atoms with Gasteiger partial charge in [0.05, 0.1) is 10.7 Å². The molecule has 7 nitrogen and oxygen atoms in total. The summed E-state index contributed by atoms with van der Waals surface area (Å²) in [4.78, 5) is 26.8. The topological polar surface area (TPSA) is 66.3 Å². The zero-order valence-electron chi connectivity index (χ0n) is 18.9. The first-order valence-electron chi connectivity index (χ1n) is 11.4. The molecule has 4 rings (SSSR count). The number of aromatic nitrogens is 3. The molecule has 3 aromatic rings. The molecule has 8 heteroatoms. The quantitative estimate of drug-likeness (QED) is 0.527. The van der Waals surface area contributed by atoms with Gasteiger partial charge in [0, 0.05) is 44.5 Å². The van der Waals surface area contributed by atoms with Crippen molar-refractivity contribution in [2.24, 2.45) is 0 Å². The fourth-order valence-corrected chi connectivity index (χ4v) is 4.50. The number of halogens is 1. The molecule has 1 saturated heterocycles. The number of carbonyl (C=O) groups is 1. The van der Waals surface area contributed by atoms with E-state index in [9.17, 15) is 4.79 Å². The lowest BCUT2D eigenvalue weighted by atomic mass is 10.1. The number of piperazine rings is 1. The van der Waals surface area contributed by atoms with Crippen LogP contribution < -0.4 is 5.32 Å². The largest absolute Gasteiger partial charge is 0.352 e. The summed E-state index contributed by atoms with van der Waals surface area (Å²) in [6, 6.07) is 9.11. The van der Waals surface area contributed by atoms with Gasteiger partial charge >= 0.3 is 0 Å². The van der Waals surface area contributed by atoms with Gasteiger partial charge < -0.3 is 15.1 Å². The maximum Gasteiger partial charge on any atom is 0.251 e. The normalized spacial score (nSPS) is 15.3. The highest BCUT2D eigenvalue weighted by Crippen LogP contribution is 2.26. The van der Waals surface area contributed by atoms with Crippen molar-refractivity contribution in [3.63, 3.8) is 0 Å². The molecule has 3 heterocycles. The average Bonchev–Trinajstić information content (AvgIpc) is 3.14. The fourth-order valence-electron chi connectivity index (χ4n) is 4.30. The molecular formula is C24H31ClN6O. The van der Waals surface area contributed by atoms with Crippen molar-refractivity contribution >= 4 is 28.7 Å². The summed E-state index contributed by atoms with van der Waals surface area (Å²) >= 11 is 6.49. The Balaban J connectivity index is 1.35. The Morgan fingerprint density at radius 1 is 1.12 bits per heavy atom. The van der Waals surface area contributed by atoms with Crippen LogP contribution in [-0.4, -0.2) is 76.1 Å². The van der Waals surface area contributed by atoms with Crippen molar-refractivity contribution in [2.75, 3.05) is 45.8 Å². The maximum atomic E-state index is 12.8. The molecule has 0 saturated carbocycles. The summed E-state index contributed by atoms with van der Waals surface area (Å²) in [6.45, 7) is 11.5. The van der Waals surface area contributed by atoms with Crippen molar-refractivity contribution < 1.29 is 4.79 Å². The number of fused-ring (bicyclic) bond motifs is 1. The lowest BCUT2D eigenvalue weighted by Crippen LogP contribution is -2.47. The minimum atomic E-state index is -0.0919. The fraction of sp³-hybridized carbons (Fsp3) is 0.458. The molecule has 0 radical (unpaired) electrons. The smallest absolute Gasteiger partial charge is 0.251 e. The number of amides is 1. The SMILES string of the molecule is CCCN1CCN(CCCNC(=O)c2ccc(Cl)c(-n3c(C)nc4cccnc43)c2)CC1. The van der Waals surface area contributed by atoms with Crippen LogP contribution in [0.2, 0.25) is 5.02 Å². The van der Waals surface area contributed by atoms with Gasteiger partial charge in [0.1, 0.15) is 11.3 Å². The first-order valence-corrected chi connectivity index (χ1v) is 11.8. The predicted octanol–water partition coefficient (Wildman–Crippen LogP) is 3.53. The molecule has 1 fully saturated rings. The Bertz CT molecular complexity index is 1070. The average molecular weight is 455 g/mol. The van der Waals surface area contributed by atoms with Crippen LogP contribution in [0.4, 0.5) is 0 Å². The van der Waals surface area contributed by atoms with E-state index in [4.69, 9.17) is 11.6 Å². The molecule has 1 aliphatic rings. The number of benzene rings is 1. The minimum absolute atomic E-state index is 0.0919. The number of carbonyl (C=O) groups excluding carboxylic acids is 1. The zero-order valence-corrected chi connectivity index (χ0v) is 19.6. The van der Waals surface area contributed by atoms with Gasteiger partial charge in [-0.15, -0.1) is 0 Å². The molecule has 0 bridgehead atoms. The van der Waals surface area contributed by atoms with Crippen LogP contribution in [-0.2, 0) is 0 Å². The van der Waals surface area contributed by atoms with Crippen LogP contribution in [0.15, 0.2) is 36.5 Å². The van der Waals surface area contributed by atoms with Crippen LogP contribution in [0.25, 0.3) is 16.9 Å². The Morgan fingerprint density at radius 3 is 2.62 bits per heavy atom. The molecule has 0 atom stereocenters. The highest BCUT2D eigenvalue weighted by Gasteiger charge is 2.17. The van der Waals surface area contributed by atoms with Crippen LogP contribution in [0, 0.1) is 6.92 Å².